The Morgan fingerprint density at radius 1 is 1.44 bits per heavy atom. The molecule has 98 valence electrons. The van der Waals surface area contributed by atoms with Crippen LogP contribution >= 0.6 is 0 Å². The predicted octanol–water partition coefficient (Wildman–Crippen LogP) is 3.20. The fourth-order valence-electron chi connectivity index (χ4n) is 2.60. The van der Waals surface area contributed by atoms with Gasteiger partial charge in [0.25, 0.3) is 0 Å². The summed E-state index contributed by atoms with van der Waals surface area (Å²) < 4.78 is 0. The van der Waals surface area contributed by atoms with Gasteiger partial charge in [-0.25, -0.2) is 0 Å². The Labute approximate surface area is 109 Å². The van der Waals surface area contributed by atoms with Crippen LogP contribution in [0.1, 0.15) is 50.6 Å². The number of aromatic nitrogens is 1. The summed E-state index contributed by atoms with van der Waals surface area (Å²) in [5.41, 5.74) is 9.59. The fourth-order valence-corrected chi connectivity index (χ4v) is 2.60. The van der Waals surface area contributed by atoms with E-state index in [1.807, 2.05) is 12.3 Å². The van der Waals surface area contributed by atoms with Crippen LogP contribution in [0, 0.1) is 0 Å². The summed E-state index contributed by atoms with van der Waals surface area (Å²) in [6.45, 7) is 3.08. The topological polar surface area (TPSA) is 50.9 Å². The number of anilines is 1. The van der Waals surface area contributed by atoms with Gasteiger partial charge in [-0.15, -0.1) is 0 Å². The molecule has 18 heavy (non-hydrogen) atoms. The van der Waals surface area contributed by atoms with Gasteiger partial charge in [-0.05, 0) is 44.7 Å². The molecule has 1 heterocycles. The van der Waals surface area contributed by atoms with Gasteiger partial charge in [0.15, 0.2) is 0 Å². The summed E-state index contributed by atoms with van der Waals surface area (Å²) in [6, 6.07) is 2.18. The van der Waals surface area contributed by atoms with Crippen LogP contribution in [-0.2, 0) is 0 Å². The van der Waals surface area contributed by atoms with Crippen molar-refractivity contribution in [3.63, 3.8) is 0 Å². The molecule has 0 fully saturated rings. The van der Waals surface area contributed by atoms with Crippen LogP contribution in [0.25, 0.3) is 0 Å². The first-order valence-electron chi connectivity index (χ1n) is 6.92. The minimum absolute atomic E-state index is 0.299. The van der Waals surface area contributed by atoms with Crippen molar-refractivity contribution in [2.45, 2.75) is 45.1 Å². The summed E-state index contributed by atoms with van der Waals surface area (Å²) in [7, 11) is 0. The third-order valence-corrected chi connectivity index (χ3v) is 3.56. The van der Waals surface area contributed by atoms with E-state index < -0.39 is 0 Å². The molecule has 3 heteroatoms. The molecule has 2 rings (SSSR count). The highest BCUT2D eigenvalue weighted by Gasteiger charge is 2.16. The van der Waals surface area contributed by atoms with E-state index in [0.717, 1.165) is 24.2 Å². The molecule has 0 bridgehead atoms. The van der Waals surface area contributed by atoms with E-state index in [2.05, 4.69) is 23.3 Å². The van der Waals surface area contributed by atoms with E-state index >= 15 is 0 Å². The highest BCUT2D eigenvalue weighted by molar-refractivity contribution is 5.46. The summed E-state index contributed by atoms with van der Waals surface area (Å²) in [4.78, 5) is 4.20. The predicted molar refractivity (Wildman–Crippen MR) is 76.2 cm³/mol. The highest BCUT2D eigenvalue weighted by atomic mass is 14.9. The number of nitrogen functional groups attached to an aromatic ring is 1. The molecule has 1 aromatic rings. The molecule has 1 aliphatic rings. The number of pyridine rings is 1. The van der Waals surface area contributed by atoms with E-state index in [-0.39, 0.29) is 0 Å². The summed E-state index contributed by atoms with van der Waals surface area (Å²) in [5, 5.41) is 3.53. The maximum atomic E-state index is 6.06. The van der Waals surface area contributed by atoms with Gasteiger partial charge >= 0.3 is 0 Å². The standard InChI is InChI=1S/C15H23N3/c1-2-18-15(10-12-6-4-3-5-7-12)13-11-17-9-8-14(13)16/h6,8-9,11,15,18H,2-5,7,10H2,1H3,(H2,16,17). The lowest BCUT2D eigenvalue weighted by Crippen LogP contribution is -2.23. The minimum Gasteiger partial charge on any atom is -0.398 e. The van der Waals surface area contributed by atoms with E-state index in [4.69, 9.17) is 5.73 Å². The van der Waals surface area contributed by atoms with Crippen LogP contribution in [0.2, 0.25) is 0 Å². The molecule has 1 aliphatic carbocycles. The Morgan fingerprint density at radius 3 is 3.00 bits per heavy atom. The van der Waals surface area contributed by atoms with Crippen molar-refractivity contribution in [2.24, 2.45) is 0 Å². The lowest BCUT2D eigenvalue weighted by atomic mass is 9.91. The normalized spacial score (nSPS) is 17.3. The van der Waals surface area contributed by atoms with Crippen LogP contribution in [0.5, 0.6) is 0 Å². The van der Waals surface area contributed by atoms with E-state index in [9.17, 15) is 0 Å². The summed E-state index contributed by atoms with van der Waals surface area (Å²) in [5.74, 6) is 0. The van der Waals surface area contributed by atoms with Crippen molar-refractivity contribution < 1.29 is 0 Å². The van der Waals surface area contributed by atoms with Gasteiger partial charge in [0.2, 0.25) is 0 Å². The molecular weight excluding hydrogens is 222 g/mol. The molecule has 0 amide bonds. The van der Waals surface area contributed by atoms with Gasteiger partial charge in [-0.2, -0.15) is 0 Å². The van der Waals surface area contributed by atoms with Gasteiger partial charge in [-0.1, -0.05) is 18.6 Å². The second-order valence-corrected chi connectivity index (χ2v) is 4.93. The number of allylic oxidation sites excluding steroid dienone is 1. The van der Waals surface area contributed by atoms with Crippen molar-refractivity contribution in [3.8, 4) is 0 Å². The molecule has 0 radical (unpaired) electrons. The van der Waals surface area contributed by atoms with Crippen molar-refractivity contribution in [3.05, 3.63) is 35.7 Å². The minimum atomic E-state index is 0.299. The van der Waals surface area contributed by atoms with Gasteiger partial charge in [-0.3, -0.25) is 4.98 Å². The Balaban J connectivity index is 2.12. The van der Waals surface area contributed by atoms with E-state index in [1.165, 1.54) is 25.7 Å². The smallest absolute Gasteiger partial charge is 0.0393 e. The monoisotopic (exact) mass is 245 g/mol. The third-order valence-electron chi connectivity index (χ3n) is 3.56. The fraction of sp³-hybridized carbons (Fsp3) is 0.533. The molecule has 0 aromatic carbocycles. The third kappa shape index (κ3) is 3.33. The summed E-state index contributed by atoms with van der Waals surface area (Å²) in [6.07, 6.45) is 12.2. The second-order valence-electron chi connectivity index (χ2n) is 4.93. The average molecular weight is 245 g/mol. The lowest BCUT2D eigenvalue weighted by Gasteiger charge is -2.22. The first-order valence-corrected chi connectivity index (χ1v) is 6.92. The van der Waals surface area contributed by atoms with Gasteiger partial charge in [0, 0.05) is 29.7 Å². The number of nitrogens with two attached hydrogens (primary N) is 1. The maximum Gasteiger partial charge on any atom is 0.0393 e. The largest absolute Gasteiger partial charge is 0.398 e. The Morgan fingerprint density at radius 2 is 2.33 bits per heavy atom. The Hall–Kier alpha value is -1.35. The molecule has 1 aromatic heterocycles. The van der Waals surface area contributed by atoms with E-state index in [0.29, 0.717) is 6.04 Å². The first-order chi connectivity index (χ1) is 8.81. The molecule has 0 saturated carbocycles. The number of hydrogen-bond donors (Lipinski definition) is 2. The van der Waals surface area contributed by atoms with Crippen LogP contribution in [0.4, 0.5) is 5.69 Å². The highest BCUT2D eigenvalue weighted by Crippen LogP contribution is 2.29. The molecule has 1 atom stereocenters. The van der Waals surface area contributed by atoms with Crippen LogP contribution in [-0.4, -0.2) is 11.5 Å². The van der Waals surface area contributed by atoms with E-state index in [1.54, 1.807) is 11.8 Å². The molecule has 3 N–H and O–H groups in total. The zero-order valence-electron chi connectivity index (χ0n) is 11.2. The lowest BCUT2D eigenvalue weighted by molar-refractivity contribution is 0.527. The second kappa shape index (κ2) is 6.55. The molecule has 1 unspecified atom stereocenters. The molecular formula is C15H23N3. The van der Waals surface area contributed by atoms with Gasteiger partial charge < -0.3 is 11.1 Å². The quantitative estimate of drug-likeness (QED) is 0.783. The van der Waals surface area contributed by atoms with Crippen LogP contribution < -0.4 is 11.1 Å². The maximum absolute atomic E-state index is 6.06. The van der Waals surface area contributed by atoms with Crippen LogP contribution in [0.15, 0.2) is 30.1 Å². The van der Waals surface area contributed by atoms with Crippen LogP contribution in [0.3, 0.4) is 0 Å². The SMILES string of the molecule is CCNC(CC1=CCCCC1)c1cnccc1N. The molecule has 3 nitrogen and oxygen atoms in total. The number of nitrogens with one attached hydrogen (secondary N) is 1. The first kappa shape index (κ1) is 13.1. The summed E-state index contributed by atoms with van der Waals surface area (Å²) >= 11 is 0. The molecule has 0 saturated heterocycles. The number of nitrogens with zero attached hydrogens (tertiary/aromatic N) is 1. The number of hydrogen-bond acceptors (Lipinski definition) is 3. The van der Waals surface area contributed by atoms with Crippen molar-refractivity contribution >= 4 is 5.69 Å². The van der Waals surface area contributed by atoms with Gasteiger partial charge in [0.05, 0.1) is 0 Å². The van der Waals surface area contributed by atoms with Crippen molar-refractivity contribution in [1.82, 2.24) is 10.3 Å². The zero-order chi connectivity index (χ0) is 12.8. The Kier molecular flexibility index (Phi) is 4.76. The molecule has 0 spiro atoms. The zero-order valence-corrected chi connectivity index (χ0v) is 11.2. The van der Waals surface area contributed by atoms with Crippen molar-refractivity contribution in [1.29, 1.82) is 0 Å². The average Bonchev–Trinajstić information content (AvgIpc) is 2.40. The van der Waals surface area contributed by atoms with Gasteiger partial charge in [0.1, 0.15) is 0 Å². The molecule has 0 aliphatic heterocycles. The Bertz CT molecular complexity index is 412. The number of rotatable bonds is 5. The van der Waals surface area contributed by atoms with Crippen molar-refractivity contribution in [2.75, 3.05) is 12.3 Å².